The van der Waals surface area contributed by atoms with E-state index in [4.69, 9.17) is 14.6 Å². The summed E-state index contributed by atoms with van der Waals surface area (Å²) in [5.41, 5.74) is 0. The van der Waals surface area contributed by atoms with Gasteiger partial charge < -0.3 is 14.6 Å². The molecule has 1 fully saturated rings. The van der Waals surface area contributed by atoms with E-state index in [2.05, 4.69) is 0 Å². The topological polar surface area (TPSA) is 38.7 Å². The smallest absolute Gasteiger partial charge is 0.0809 e. The second kappa shape index (κ2) is 7.06. The van der Waals surface area contributed by atoms with Gasteiger partial charge in [0.1, 0.15) is 0 Å². The van der Waals surface area contributed by atoms with Crippen LogP contribution in [0.3, 0.4) is 0 Å². The Hall–Kier alpha value is -0.380. The van der Waals surface area contributed by atoms with E-state index < -0.39 is 0 Å². The molecule has 0 aliphatic carbocycles. The summed E-state index contributed by atoms with van der Waals surface area (Å²) in [6.07, 6.45) is 7.05. The first-order chi connectivity index (χ1) is 6.43. The maximum atomic E-state index is 8.47. The highest BCUT2D eigenvalue weighted by Crippen LogP contribution is 2.09. The third kappa shape index (κ3) is 5.03. The Bertz CT molecular complexity index is 139. The fraction of sp³-hybridized carbons (Fsp3) is 0.800. The highest BCUT2D eigenvalue weighted by Gasteiger charge is 2.12. The summed E-state index contributed by atoms with van der Waals surface area (Å²) in [6, 6.07) is 0. The molecule has 0 aromatic heterocycles. The van der Waals surface area contributed by atoms with Crippen LogP contribution in [0.15, 0.2) is 12.2 Å². The molecule has 76 valence electrons. The van der Waals surface area contributed by atoms with Gasteiger partial charge in [-0.05, 0) is 19.3 Å². The van der Waals surface area contributed by atoms with Crippen molar-refractivity contribution in [3.63, 3.8) is 0 Å². The van der Waals surface area contributed by atoms with E-state index in [1.54, 1.807) is 6.08 Å². The van der Waals surface area contributed by atoms with Crippen LogP contribution in [0.4, 0.5) is 0 Å². The number of aliphatic hydroxyl groups excluding tert-OH is 1. The second-order valence-corrected chi connectivity index (χ2v) is 3.15. The van der Waals surface area contributed by atoms with E-state index in [1.807, 2.05) is 6.08 Å². The quantitative estimate of drug-likeness (QED) is 0.516. The lowest BCUT2D eigenvalue weighted by atomic mass is 10.2. The minimum atomic E-state index is 0.118. The molecule has 1 N–H and O–H groups in total. The molecular weight excluding hydrogens is 168 g/mol. The van der Waals surface area contributed by atoms with Crippen molar-refractivity contribution in [1.29, 1.82) is 0 Å². The van der Waals surface area contributed by atoms with Gasteiger partial charge in [0.05, 0.1) is 25.9 Å². The molecule has 1 aliphatic rings. The molecule has 13 heavy (non-hydrogen) atoms. The zero-order chi connectivity index (χ0) is 9.36. The number of hydrogen-bond donors (Lipinski definition) is 1. The first-order valence-corrected chi connectivity index (χ1v) is 4.88. The highest BCUT2D eigenvalue weighted by atomic mass is 16.5. The summed E-state index contributed by atoms with van der Waals surface area (Å²) < 4.78 is 10.8. The monoisotopic (exact) mass is 186 g/mol. The van der Waals surface area contributed by atoms with Crippen LogP contribution < -0.4 is 0 Å². The van der Waals surface area contributed by atoms with Gasteiger partial charge in [-0.2, -0.15) is 0 Å². The summed E-state index contributed by atoms with van der Waals surface area (Å²) in [4.78, 5) is 0. The Morgan fingerprint density at radius 2 is 2.38 bits per heavy atom. The van der Waals surface area contributed by atoms with Crippen molar-refractivity contribution in [2.24, 2.45) is 0 Å². The molecule has 0 aromatic carbocycles. The summed E-state index contributed by atoms with van der Waals surface area (Å²) >= 11 is 0. The van der Waals surface area contributed by atoms with Crippen LogP contribution in [0.5, 0.6) is 0 Å². The van der Waals surface area contributed by atoms with E-state index >= 15 is 0 Å². The van der Waals surface area contributed by atoms with E-state index in [-0.39, 0.29) is 12.7 Å². The number of ether oxygens (including phenoxy) is 2. The third-order valence-corrected chi connectivity index (χ3v) is 2.03. The van der Waals surface area contributed by atoms with Crippen molar-refractivity contribution in [3.8, 4) is 0 Å². The molecule has 1 atom stereocenters. The van der Waals surface area contributed by atoms with Crippen LogP contribution in [-0.2, 0) is 9.47 Å². The van der Waals surface area contributed by atoms with Gasteiger partial charge in [0.2, 0.25) is 0 Å². The summed E-state index contributed by atoms with van der Waals surface area (Å²) in [6.45, 7) is 2.46. The fourth-order valence-electron chi connectivity index (χ4n) is 1.34. The summed E-state index contributed by atoms with van der Waals surface area (Å²) in [5.74, 6) is 0. The number of rotatable bonds is 5. The van der Waals surface area contributed by atoms with Gasteiger partial charge >= 0.3 is 0 Å². The fourth-order valence-corrected chi connectivity index (χ4v) is 1.34. The summed E-state index contributed by atoms with van der Waals surface area (Å²) in [7, 11) is 0. The minimum absolute atomic E-state index is 0.118. The van der Waals surface area contributed by atoms with E-state index in [1.165, 1.54) is 0 Å². The third-order valence-electron chi connectivity index (χ3n) is 2.03. The van der Waals surface area contributed by atoms with Gasteiger partial charge in [0.25, 0.3) is 0 Å². The van der Waals surface area contributed by atoms with Crippen molar-refractivity contribution in [2.75, 3.05) is 26.4 Å². The van der Waals surface area contributed by atoms with Gasteiger partial charge in [-0.15, -0.1) is 0 Å². The van der Waals surface area contributed by atoms with E-state index in [9.17, 15) is 0 Å². The molecule has 1 heterocycles. The minimum Gasteiger partial charge on any atom is -0.392 e. The molecule has 1 saturated heterocycles. The van der Waals surface area contributed by atoms with Gasteiger partial charge in [0, 0.05) is 6.61 Å². The Balaban J connectivity index is 1.95. The summed E-state index contributed by atoms with van der Waals surface area (Å²) in [5, 5.41) is 8.47. The van der Waals surface area contributed by atoms with Crippen molar-refractivity contribution < 1.29 is 14.6 Å². The van der Waals surface area contributed by atoms with Crippen molar-refractivity contribution in [3.05, 3.63) is 12.2 Å². The highest BCUT2D eigenvalue weighted by molar-refractivity contribution is 4.80. The Morgan fingerprint density at radius 3 is 3.08 bits per heavy atom. The van der Waals surface area contributed by atoms with Gasteiger partial charge in [-0.1, -0.05) is 12.2 Å². The van der Waals surface area contributed by atoms with Crippen LogP contribution in [0, 0.1) is 0 Å². The van der Waals surface area contributed by atoms with Gasteiger partial charge in [-0.25, -0.2) is 0 Å². The first-order valence-electron chi connectivity index (χ1n) is 4.88. The zero-order valence-corrected chi connectivity index (χ0v) is 7.95. The molecule has 0 bridgehead atoms. The molecule has 1 unspecified atom stereocenters. The molecular formula is C10H18O3. The molecule has 3 heteroatoms. The standard InChI is InChI=1S/C10H18O3/c11-6-2-1-3-8-13-10-5-4-7-12-9-10/h1-2,10-11H,3-9H2. The van der Waals surface area contributed by atoms with Gasteiger partial charge in [0.15, 0.2) is 0 Å². The predicted molar refractivity (Wildman–Crippen MR) is 50.6 cm³/mol. The molecule has 0 amide bonds. The first kappa shape index (κ1) is 10.7. The normalized spacial score (nSPS) is 23.9. The van der Waals surface area contributed by atoms with Crippen LogP contribution in [0.2, 0.25) is 0 Å². The largest absolute Gasteiger partial charge is 0.392 e. The number of aliphatic hydroxyl groups is 1. The predicted octanol–water partition coefficient (Wildman–Crippen LogP) is 1.12. The molecule has 0 radical (unpaired) electrons. The van der Waals surface area contributed by atoms with E-state index in [0.717, 1.165) is 39.1 Å². The molecule has 3 nitrogen and oxygen atoms in total. The molecule has 1 aliphatic heterocycles. The molecule has 1 rings (SSSR count). The second-order valence-electron chi connectivity index (χ2n) is 3.15. The maximum absolute atomic E-state index is 8.47. The lowest BCUT2D eigenvalue weighted by Gasteiger charge is -2.21. The van der Waals surface area contributed by atoms with Crippen LogP contribution in [-0.4, -0.2) is 37.6 Å². The lowest BCUT2D eigenvalue weighted by Crippen LogP contribution is -2.25. The van der Waals surface area contributed by atoms with Crippen molar-refractivity contribution >= 4 is 0 Å². The Labute approximate surface area is 79.3 Å². The van der Waals surface area contributed by atoms with Crippen LogP contribution >= 0.6 is 0 Å². The Kier molecular flexibility index (Phi) is 5.81. The van der Waals surface area contributed by atoms with E-state index in [0.29, 0.717) is 0 Å². The van der Waals surface area contributed by atoms with Crippen molar-refractivity contribution in [2.45, 2.75) is 25.4 Å². The zero-order valence-electron chi connectivity index (χ0n) is 7.95. The average Bonchev–Trinajstić information content (AvgIpc) is 2.19. The number of hydrogen-bond acceptors (Lipinski definition) is 3. The lowest BCUT2D eigenvalue weighted by molar-refractivity contribution is -0.0484. The molecule has 0 spiro atoms. The van der Waals surface area contributed by atoms with Crippen molar-refractivity contribution in [1.82, 2.24) is 0 Å². The molecule has 0 saturated carbocycles. The average molecular weight is 186 g/mol. The van der Waals surface area contributed by atoms with Gasteiger partial charge in [-0.3, -0.25) is 0 Å². The molecule has 0 aromatic rings. The Morgan fingerprint density at radius 1 is 1.46 bits per heavy atom. The SMILES string of the molecule is OCC=CCCOC1CCCOC1. The maximum Gasteiger partial charge on any atom is 0.0809 e. The van der Waals surface area contributed by atoms with Crippen LogP contribution in [0.25, 0.3) is 0 Å². The van der Waals surface area contributed by atoms with Crippen LogP contribution in [0.1, 0.15) is 19.3 Å².